The molecule has 0 atom stereocenters. The number of amides is 1. The summed E-state index contributed by atoms with van der Waals surface area (Å²) in [5, 5.41) is 12.6. The third-order valence-electron chi connectivity index (χ3n) is 3.88. The van der Waals surface area contributed by atoms with Crippen molar-refractivity contribution < 1.29 is 9.90 Å². The quantitative estimate of drug-likeness (QED) is 0.901. The Balaban J connectivity index is 1.56. The third kappa shape index (κ3) is 3.71. The Morgan fingerprint density at radius 2 is 1.96 bits per heavy atom. The second-order valence-electron chi connectivity index (χ2n) is 5.45. The van der Waals surface area contributed by atoms with Gasteiger partial charge in [0.15, 0.2) is 0 Å². The van der Waals surface area contributed by atoms with Crippen molar-refractivity contribution in [3.05, 3.63) is 47.2 Å². The van der Waals surface area contributed by atoms with Gasteiger partial charge < -0.3 is 15.3 Å². The Morgan fingerprint density at radius 3 is 2.61 bits per heavy atom. The van der Waals surface area contributed by atoms with Gasteiger partial charge in [0.2, 0.25) is 5.95 Å². The van der Waals surface area contributed by atoms with Crippen LogP contribution in [0.4, 0.5) is 5.95 Å². The Bertz CT molecular complexity index is 688. The first-order valence-corrected chi connectivity index (χ1v) is 7.82. The Morgan fingerprint density at radius 1 is 1.26 bits per heavy atom. The van der Waals surface area contributed by atoms with Gasteiger partial charge in [-0.1, -0.05) is 11.6 Å². The summed E-state index contributed by atoms with van der Waals surface area (Å²) in [5.41, 5.74) is 0.446. The zero-order chi connectivity index (χ0) is 16.2. The molecule has 3 rings (SSSR count). The topological polar surface area (TPSA) is 78.4 Å². The van der Waals surface area contributed by atoms with Gasteiger partial charge >= 0.3 is 0 Å². The number of phenolic OH excluding ortho intramolecular Hbond substituents is 1. The van der Waals surface area contributed by atoms with E-state index in [-0.39, 0.29) is 22.7 Å². The zero-order valence-electron chi connectivity index (χ0n) is 12.4. The zero-order valence-corrected chi connectivity index (χ0v) is 13.2. The van der Waals surface area contributed by atoms with E-state index in [4.69, 9.17) is 11.6 Å². The van der Waals surface area contributed by atoms with Crippen molar-refractivity contribution in [2.75, 3.05) is 18.0 Å². The first-order valence-electron chi connectivity index (χ1n) is 7.45. The summed E-state index contributed by atoms with van der Waals surface area (Å²) in [6.07, 6.45) is 5.11. The highest BCUT2D eigenvalue weighted by Crippen LogP contribution is 2.24. The number of aromatic hydroxyl groups is 1. The predicted octanol–water partition coefficient (Wildman–Crippen LogP) is 2.23. The van der Waals surface area contributed by atoms with Gasteiger partial charge in [0.1, 0.15) is 5.75 Å². The predicted molar refractivity (Wildman–Crippen MR) is 87.9 cm³/mol. The lowest BCUT2D eigenvalue weighted by atomic mass is 10.0. The van der Waals surface area contributed by atoms with E-state index in [1.807, 2.05) is 0 Å². The Labute approximate surface area is 139 Å². The van der Waals surface area contributed by atoms with E-state index in [1.54, 1.807) is 24.5 Å². The van der Waals surface area contributed by atoms with Crippen molar-refractivity contribution in [2.24, 2.45) is 0 Å². The van der Waals surface area contributed by atoms with Crippen LogP contribution in [0.15, 0.2) is 36.7 Å². The van der Waals surface area contributed by atoms with Crippen molar-refractivity contribution in [1.29, 1.82) is 0 Å². The molecule has 6 nitrogen and oxygen atoms in total. The summed E-state index contributed by atoms with van der Waals surface area (Å²) < 4.78 is 0. The lowest BCUT2D eigenvalue weighted by molar-refractivity contribution is 0.0931. The van der Waals surface area contributed by atoms with Crippen LogP contribution in [0, 0.1) is 0 Å². The molecule has 23 heavy (non-hydrogen) atoms. The fraction of sp³-hybridized carbons (Fsp3) is 0.312. The largest absolute Gasteiger partial charge is 0.506 e. The van der Waals surface area contributed by atoms with Gasteiger partial charge in [0.05, 0.1) is 5.02 Å². The number of hydrogen-bond donors (Lipinski definition) is 2. The van der Waals surface area contributed by atoms with E-state index in [0.717, 1.165) is 31.9 Å². The average Bonchev–Trinajstić information content (AvgIpc) is 2.59. The highest BCUT2D eigenvalue weighted by Gasteiger charge is 2.22. The molecule has 1 aromatic heterocycles. The Hall–Kier alpha value is -2.34. The van der Waals surface area contributed by atoms with Gasteiger partial charge in [-0.25, -0.2) is 9.97 Å². The van der Waals surface area contributed by atoms with Crippen molar-refractivity contribution in [1.82, 2.24) is 15.3 Å². The van der Waals surface area contributed by atoms with Crippen LogP contribution in [-0.2, 0) is 0 Å². The molecule has 1 aliphatic heterocycles. The van der Waals surface area contributed by atoms with E-state index in [2.05, 4.69) is 20.2 Å². The summed E-state index contributed by atoms with van der Waals surface area (Å²) in [5.74, 6) is 0.517. The molecule has 1 amide bonds. The number of carbonyl (C=O) groups excluding carboxylic acids is 1. The number of anilines is 1. The van der Waals surface area contributed by atoms with Crippen LogP contribution in [-0.4, -0.2) is 40.1 Å². The van der Waals surface area contributed by atoms with Gasteiger partial charge in [-0.05, 0) is 37.1 Å². The number of nitrogens with zero attached hydrogens (tertiary/aromatic N) is 3. The molecule has 2 N–H and O–H groups in total. The summed E-state index contributed by atoms with van der Waals surface area (Å²) in [6, 6.07) is 6.35. The molecule has 1 aromatic carbocycles. The van der Waals surface area contributed by atoms with E-state index in [9.17, 15) is 9.90 Å². The van der Waals surface area contributed by atoms with E-state index in [1.165, 1.54) is 12.1 Å². The number of hydrogen-bond acceptors (Lipinski definition) is 5. The van der Waals surface area contributed by atoms with Crippen LogP contribution < -0.4 is 10.2 Å². The maximum Gasteiger partial charge on any atom is 0.251 e. The van der Waals surface area contributed by atoms with Crippen molar-refractivity contribution in [3.63, 3.8) is 0 Å². The molecule has 0 radical (unpaired) electrons. The molecule has 1 aliphatic rings. The minimum Gasteiger partial charge on any atom is -0.506 e. The Kier molecular flexibility index (Phi) is 4.62. The highest BCUT2D eigenvalue weighted by atomic mass is 35.5. The normalized spacial score (nSPS) is 15.4. The van der Waals surface area contributed by atoms with Crippen molar-refractivity contribution >= 4 is 23.5 Å². The maximum atomic E-state index is 12.2. The number of phenols is 1. The minimum absolute atomic E-state index is 0.0283. The molecule has 2 aromatic rings. The van der Waals surface area contributed by atoms with Crippen LogP contribution >= 0.6 is 11.6 Å². The van der Waals surface area contributed by atoms with Crippen LogP contribution in [0.2, 0.25) is 5.02 Å². The van der Waals surface area contributed by atoms with Crippen molar-refractivity contribution in [3.8, 4) is 5.75 Å². The number of rotatable bonds is 3. The molecule has 0 spiro atoms. The summed E-state index contributed by atoms with van der Waals surface area (Å²) in [7, 11) is 0. The number of aromatic nitrogens is 2. The number of benzene rings is 1. The van der Waals surface area contributed by atoms with Gasteiger partial charge in [-0.2, -0.15) is 0 Å². The van der Waals surface area contributed by atoms with Gasteiger partial charge in [-0.3, -0.25) is 4.79 Å². The fourth-order valence-corrected chi connectivity index (χ4v) is 2.78. The van der Waals surface area contributed by atoms with E-state index >= 15 is 0 Å². The van der Waals surface area contributed by atoms with E-state index < -0.39 is 0 Å². The number of piperidine rings is 1. The molecule has 0 aliphatic carbocycles. The molecule has 2 heterocycles. The summed E-state index contributed by atoms with van der Waals surface area (Å²) >= 11 is 5.84. The number of carbonyl (C=O) groups is 1. The lowest BCUT2D eigenvalue weighted by Gasteiger charge is -2.32. The van der Waals surface area contributed by atoms with Gasteiger partial charge in [0, 0.05) is 37.1 Å². The number of nitrogens with one attached hydrogen (secondary N) is 1. The maximum absolute atomic E-state index is 12.2. The monoisotopic (exact) mass is 332 g/mol. The number of halogens is 1. The van der Waals surface area contributed by atoms with Crippen LogP contribution in [0.1, 0.15) is 23.2 Å². The molecule has 1 fully saturated rings. The smallest absolute Gasteiger partial charge is 0.251 e. The highest BCUT2D eigenvalue weighted by molar-refractivity contribution is 6.32. The molecule has 0 unspecified atom stereocenters. The SMILES string of the molecule is O=C(NC1CCN(c2ncccn2)CC1)c1ccc(O)c(Cl)c1. The second kappa shape index (κ2) is 6.83. The van der Waals surface area contributed by atoms with Gasteiger partial charge in [0.25, 0.3) is 5.91 Å². The van der Waals surface area contributed by atoms with E-state index in [0.29, 0.717) is 5.56 Å². The third-order valence-corrected chi connectivity index (χ3v) is 4.18. The second-order valence-corrected chi connectivity index (χ2v) is 5.86. The van der Waals surface area contributed by atoms with Crippen LogP contribution in [0.3, 0.4) is 0 Å². The van der Waals surface area contributed by atoms with Crippen molar-refractivity contribution in [2.45, 2.75) is 18.9 Å². The minimum atomic E-state index is -0.179. The average molecular weight is 333 g/mol. The van der Waals surface area contributed by atoms with Crippen LogP contribution in [0.25, 0.3) is 0 Å². The van der Waals surface area contributed by atoms with Crippen LogP contribution in [0.5, 0.6) is 5.75 Å². The standard InChI is InChI=1S/C16H17ClN4O2/c17-13-10-11(2-3-14(13)22)15(23)20-12-4-8-21(9-5-12)16-18-6-1-7-19-16/h1-3,6-7,10,12,22H,4-5,8-9H2,(H,20,23). The lowest BCUT2D eigenvalue weighted by Crippen LogP contribution is -2.45. The molecule has 1 saturated heterocycles. The molecular weight excluding hydrogens is 316 g/mol. The summed E-state index contributed by atoms with van der Waals surface area (Å²) in [6.45, 7) is 1.59. The van der Waals surface area contributed by atoms with Gasteiger partial charge in [-0.15, -0.1) is 0 Å². The summed E-state index contributed by atoms with van der Waals surface area (Å²) in [4.78, 5) is 22.8. The molecule has 0 bridgehead atoms. The first kappa shape index (κ1) is 15.6. The molecule has 7 heteroatoms. The first-order chi connectivity index (χ1) is 11.1. The fourth-order valence-electron chi connectivity index (χ4n) is 2.60. The molecule has 0 saturated carbocycles. The molecular formula is C16H17ClN4O2. The molecule has 120 valence electrons.